The Morgan fingerprint density at radius 2 is 1.62 bits per heavy atom. The SMILES string of the molecule is CC[C@H](C(=O)NC(C)(C)C)N(Cc1ccccc1C)C(=O)CCc1ccccc1. The number of hydrogen-bond donors (Lipinski definition) is 1. The van der Waals surface area contributed by atoms with E-state index in [1.807, 2.05) is 89.2 Å². The highest BCUT2D eigenvalue weighted by molar-refractivity contribution is 5.88. The molecule has 2 aromatic carbocycles. The zero-order valence-corrected chi connectivity index (χ0v) is 18.4. The van der Waals surface area contributed by atoms with Gasteiger partial charge in [-0.2, -0.15) is 0 Å². The Hall–Kier alpha value is -2.62. The molecule has 4 nitrogen and oxygen atoms in total. The van der Waals surface area contributed by atoms with Crippen molar-refractivity contribution in [2.45, 2.75) is 72.0 Å². The molecule has 0 saturated heterocycles. The highest BCUT2D eigenvalue weighted by Crippen LogP contribution is 2.18. The van der Waals surface area contributed by atoms with E-state index >= 15 is 0 Å². The first-order valence-corrected chi connectivity index (χ1v) is 10.4. The van der Waals surface area contributed by atoms with E-state index in [-0.39, 0.29) is 17.4 Å². The fourth-order valence-electron chi connectivity index (χ4n) is 3.38. The van der Waals surface area contributed by atoms with Crippen molar-refractivity contribution in [3.63, 3.8) is 0 Å². The van der Waals surface area contributed by atoms with Crippen LogP contribution in [0.25, 0.3) is 0 Å². The van der Waals surface area contributed by atoms with Crippen molar-refractivity contribution in [1.29, 1.82) is 0 Å². The molecule has 2 aromatic rings. The van der Waals surface area contributed by atoms with Gasteiger partial charge in [0.15, 0.2) is 0 Å². The fraction of sp³-hybridized carbons (Fsp3) is 0.440. The molecule has 156 valence electrons. The normalized spacial score (nSPS) is 12.3. The highest BCUT2D eigenvalue weighted by atomic mass is 16.2. The molecule has 1 N–H and O–H groups in total. The average molecular weight is 395 g/mol. The van der Waals surface area contributed by atoms with Crippen molar-refractivity contribution < 1.29 is 9.59 Å². The van der Waals surface area contributed by atoms with Gasteiger partial charge in [0.25, 0.3) is 0 Å². The number of carbonyl (C=O) groups excluding carboxylic acids is 2. The third-order valence-corrected chi connectivity index (χ3v) is 4.96. The molecule has 4 heteroatoms. The second-order valence-corrected chi connectivity index (χ2v) is 8.60. The van der Waals surface area contributed by atoms with Crippen molar-refractivity contribution >= 4 is 11.8 Å². The number of carbonyl (C=O) groups is 2. The van der Waals surface area contributed by atoms with E-state index < -0.39 is 6.04 Å². The lowest BCUT2D eigenvalue weighted by Crippen LogP contribution is -2.53. The van der Waals surface area contributed by atoms with Crippen LogP contribution in [0.15, 0.2) is 54.6 Å². The smallest absolute Gasteiger partial charge is 0.243 e. The summed E-state index contributed by atoms with van der Waals surface area (Å²) in [7, 11) is 0. The molecular formula is C25H34N2O2. The number of aryl methyl sites for hydroxylation is 2. The molecule has 0 aliphatic carbocycles. The Kier molecular flexibility index (Phi) is 8.00. The molecule has 0 aliphatic heterocycles. The number of nitrogens with one attached hydrogen (secondary N) is 1. The fourth-order valence-corrected chi connectivity index (χ4v) is 3.38. The molecule has 0 unspecified atom stereocenters. The van der Waals surface area contributed by atoms with Gasteiger partial charge in [-0.1, -0.05) is 61.5 Å². The number of nitrogens with zero attached hydrogens (tertiary/aromatic N) is 1. The number of amides is 2. The van der Waals surface area contributed by atoms with Gasteiger partial charge in [-0.15, -0.1) is 0 Å². The summed E-state index contributed by atoms with van der Waals surface area (Å²) in [6.07, 6.45) is 1.63. The van der Waals surface area contributed by atoms with Gasteiger partial charge in [0.05, 0.1) is 0 Å². The molecule has 0 bridgehead atoms. The number of hydrogen-bond acceptors (Lipinski definition) is 2. The van der Waals surface area contributed by atoms with Crippen LogP contribution in [0.4, 0.5) is 0 Å². The van der Waals surface area contributed by atoms with Crippen LogP contribution in [0.3, 0.4) is 0 Å². The second kappa shape index (κ2) is 10.2. The molecule has 0 aliphatic rings. The van der Waals surface area contributed by atoms with E-state index in [0.717, 1.165) is 16.7 Å². The van der Waals surface area contributed by atoms with Crippen LogP contribution in [0, 0.1) is 6.92 Å². The van der Waals surface area contributed by atoms with Gasteiger partial charge < -0.3 is 10.2 Å². The molecular weight excluding hydrogens is 360 g/mol. The predicted molar refractivity (Wildman–Crippen MR) is 118 cm³/mol. The Labute approximate surface area is 175 Å². The minimum Gasteiger partial charge on any atom is -0.350 e. The lowest BCUT2D eigenvalue weighted by atomic mass is 10.0. The maximum atomic E-state index is 13.2. The minimum absolute atomic E-state index is 0.00742. The van der Waals surface area contributed by atoms with Crippen LogP contribution in [0.5, 0.6) is 0 Å². The first kappa shape index (κ1) is 22.7. The largest absolute Gasteiger partial charge is 0.350 e. The van der Waals surface area contributed by atoms with Gasteiger partial charge in [-0.3, -0.25) is 9.59 Å². The molecule has 2 rings (SSSR count). The summed E-state index contributed by atoms with van der Waals surface area (Å²) in [6.45, 7) is 10.3. The van der Waals surface area contributed by atoms with Crippen LogP contribution in [0.1, 0.15) is 57.2 Å². The Morgan fingerprint density at radius 3 is 2.21 bits per heavy atom. The van der Waals surface area contributed by atoms with E-state index in [4.69, 9.17) is 0 Å². The van der Waals surface area contributed by atoms with Crippen LogP contribution < -0.4 is 5.32 Å². The van der Waals surface area contributed by atoms with Gasteiger partial charge in [0.1, 0.15) is 6.04 Å². The number of rotatable bonds is 8. The first-order valence-electron chi connectivity index (χ1n) is 10.4. The first-order chi connectivity index (χ1) is 13.7. The molecule has 29 heavy (non-hydrogen) atoms. The standard InChI is InChI=1S/C25H34N2O2/c1-6-22(24(29)26-25(3,4)5)27(18-21-15-11-10-12-19(21)2)23(28)17-16-20-13-8-7-9-14-20/h7-15,22H,6,16-18H2,1-5H3,(H,26,29)/t22-/m1/s1. The Morgan fingerprint density at radius 1 is 1.00 bits per heavy atom. The van der Waals surface area contributed by atoms with Gasteiger partial charge in [0, 0.05) is 18.5 Å². The predicted octanol–water partition coefficient (Wildman–Crippen LogP) is 4.65. The highest BCUT2D eigenvalue weighted by Gasteiger charge is 2.30. The maximum Gasteiger partial charge on any atom is 0.243 e. The van der Waals surface area contributed by atoms with Crippen molar-refractivity contribution in [3.8, 4) is 0 Å². The molecule has 0 fully saturated rings. The van der Waals surface area contributed by atoms with Crippen molar-refractivity contribution in [1.82, 2.24) is 10.2 Å². The van der Waals surface area contributed by atoms with Gasteiger partial charge >= 0.3 is 0 Å². The monoisotopic (exact) mass is 394 g/mol. The third-order valence-electron chi connectivity index (χ3n) is 4.96. The Balaban J connectivity index is 2.24. The molecule has 0 aromatic heterocycles. The molecule has 0 saturated carbocycles. The average Bonchev–Trinajstić information content (AvgIpc) is 2.67. The summed E-state index contributed by atoms with van der Waals surface area (Å²) in [5.41, 5.74) is 2.98. The van der Waals surface area contributed by atoms with Gasteiger partial charge in [-0.05, 0) is 57.2 Å². The topological polar surface area (TPSA) is 49.4 Å². The maximum absolute atomic E-state index is 13.2. The van der Waals surface area contributed by atoms with Crippen molar-refractivity contribution in [2.75, 3.05) is 0 Å². The van der Waals surface area contributed by atoms with E-state index in [1.165, 1.54) is 0 Å². The zero-order chi connectivity index (χ0) is 21.4. The summed E-state index contributed by atoms with van der Waals surface area (Å²) in [5.74, 6) is -0.0883. The molecule has 1 atom stereocenters. The molecule has 0 radical (unpaired) electrons. The summed E-state index contributed by atoms with van der Waals surface area (Å²) < 4.78 is 0. The summed E-state index contributed by atoms with van der Waals surface area (Å²) >= 11 is 0. The van der Waals surface area contributed by atoms with E-state index in [1.54, 1.807) is 4.90 Å². The minimum atomic E-state index is -0.489. The summed E-state index contributed by atoms with van der Waals surface area (Å²) in [4.78, 5) is 28.0. The summed E-state index contributed by atoms with van der Waals surface area (Å²) in [6, 6.07) is 17.5. The van der Waals surface area contributed by atoms with E-state index in [9.17, 15) is 9.59 Å². The van der Waals surface area contributed by atoms with Crippen LogP contribution in [0.2, 0.25) is 0 Å². The summed E-state index contributed by atoms with van der Waals surface area (Å²) in [5, 5.41) is 3.05. The number of benzene rings is 2. The molecule has 0 spiro atoms. The molecule has 0 heterocycles. The van der Waals surface area contributed by atoms with E-state index in [0.29, 0.717) is 25.8 Å². The lowest BCUT2D eigenvalue weighted by Gasteiger charge is -2.33. The van der Waals surface area contributed by atoms with Gasteiger partial charge in [0.2, 0.25) is 11.8 Å². The van der Waals surface area contributed by atoms with Gasteiger partial charge in [-0.25, -0.2) is 0 Å². The van der Waals surface area contributed by atoms with E-state index in [2.05, 4.69) is 5.32 Å². The van der Waals surface area contributed by atoms with Crippen LogP contribution in [-0.4, -0.2) is 28.3 Å². The van der Waals surface area contributed by atoms with Crippen molar-refractivity contribution in [2.24, 2.45) is 0 Å². The van der Waals surface area contributed by atoms with Crippen LogP contribution >= 0.6 is 0 Å². The lowest BCUT2D eigenvalue weighted by molar-refractivity contribution is -0.142. The zero-order valence-electron chi connectivity index (χ0n) is 18.4. The molecule has 2 amide bonds. The Bertz CT molecular complexity index is 809. The van der Waals surface area contributed by atoms with Crippen LogP contribution in [-0.2, 0) is 22.6 Å². The van der Waals surface area contributed by atoms with Crippen molar-refractivity contribution in [3.05, 3.63) is 71.3 Å². The quantitative estimate of drug-likeness (QED) is 0.708. The second-order valence-electron chi connectivity index (χ2n) is 8.60. The third kappa shape index (κ3) is 7.04.